The van der Waals surface area contributed by atoms with Crippen molar-refractivity contribution in [2.75, 3.05) is 54.9 Å². The van der Waals surface area contributed by atoms with Crippen LogP contribution in [0.25, 0.3) is 16.2 Å². The van der Waals surface area contributed by atoms with E-state index in [9.17, 15) is 4.79 Å². The zero-order chi connectivity index (χ0) is 26.2. The predicted octanol–water partition coefficient (Wildman–Crippen LogP) is 4.16. The lowest BCUT2D eigenvalue weighted by Gasteiger charge is -2.36. The van der Waals surface area contributed by atoms with Crippen LogP contribution in [0.4, 0.5) is 16.8 Å². The summed E-state index contributed by atoms with van der Waals surface area (Å²) in [5.74, 6) is 1.92. The number of likely N-dealkylation sites (N-methyl/N-ethyl adjacent to an activating group) is 1. The Morgan fingerprint density at radius 3 is 2.57 bits per heavy atom. The van der Waals surface area contributed by atoms with Gasteiger partial charge >= 0.3 is 0 Å². The van der Waals surface area contributed by atoms with Crippen LogP contribution in [0.15, 0.2) is 48.7 Å². The number of aromatic nitrogens is 4. The number of nitrogens with zero attached hydrogens (tertiary/aromatic N) is 7. The quantitative estimate of drug-likeness (QED) is 0.411. The second kappa shape index (κ2) is 10.0. The average molecular weight is 519 g/mol. The minimum Gasteiger partial charge on any atom is -0.364 e. The van der Waals surface area contributed by atoms with Crippen LogP contribution in [0.2, 0.25) is 0 Å². The number of benzene rings is 1. The number of fused-ring (bicyclic) bond motifs is 1. The number of pyridine rings is 1. The van der Waals surface area contributed by atoms with Crippen molar-refractivity contribution in [1.82, 2.24) is 24.5 Å². The molecule has 194 valence electrons. The van der Waals surface area contributed by atoms with Gasteiger partial charge in [0.1, 0.15) is 11.5 Å². The first-order valence-corrected chi connectivity index (χ1v) is 13.4. The molecule has 4 aromatic rings. The fourth-order valence-corrected chi connectivity index (χ4v) is 5.31. The van der Waals surface area contributed by atoms with Crippen LogP contribution in [0, 0.1) is 6.92 Å². The van der Waals surface area contributed by atoms with Gasteiger partial charge in [-0.1, -0.05) is 41.2 Å². The Morgan fingerprint density at radius 1 is 1.11 bits per heavy atom. The molecule has 37 heavy (non-hydrogen) atoms. The molecule has 3 aromatic heterocycles. The van der Waals surface area contributed by atoms with Gasteiger partial charge in [-0.25, -0.2) is 9.97 Å². The molecule has 1 aliphatic rings. The van der Waals surface area contributed by atoms with Gasteiger partial charge in [-0.2, -0.15) is 4.52 Å². The number of amides is 1. The monoisotopic (exact) mass is 518 g/mol. The Labute approximate surface area is 221 Å². The number of imidazole rings is 1. The highest BCUT2D eigenvalue weighted by atomic mass is 32.1. The normalized spacial score (nSPS) is 14.3. The number of carbonyl (C=O) groups excluding carboxylic acids is 1. The van der Waals surface area contributed by atoms with Gasteiger partial charge in [0.05, 0.1) is 6.54 Å². The topological polar surface area (TPSA) is 81.9 Å². The smallest absolute Gasteiger partial charge is 0.242 e. The molecule has 1 saturated heterocycles. The Hall–Kier alpha value is -3.66. The van der Waals surface area contributed by atoms with Crippen molar-refractivity contribution >= 4 is 39.0 Å². The van der Waals surface area contributed by atoms with Crippen LogP contribution >= 0.6 is 11.3 Å². The van der Waals surface area contributed by atoms with Crippen LogP contribution in [0.1, 0.15) is 26.3 Å². The van der Waals surface area contributed by atoms with Gasteiger partial charge in [0.2, 0.25) is 16.0 Å². The van der Waals surface area contributed by atoms with Crippen LogP contribution in [0.3, 0.4) is 0 Å². The van der Waals surface area contributed by atoms with E-state index in [0.29, 0.717) is 13.1 Å². The van der Waals surface area contributed by atoms with Crippen molar-refractivity contribution in [1.29, 1.82) is 0 Å². The summed E-state index contributed by atoms with van der Waals surface area (Å²) in [6.07, 6.45) is 1.80. The van der Waals surface area contributed by atoms with E-state index in [2.05, 4.69) is 61.1 Å². The largest absolute Gasteiger partial charge is 0.364 e. The molecule has 0 unspecified atom stereocenters. The Balaban J connectivity index is 1.31. The maximum absolute atomic E-state index is 13.1. The van der Waals surface area contributed by atoms with E-state index in [1.54, 1.807) is 6.20 Å². The molecule has 0 radical (unpaired) electrons. The van der Waals surface area contributed by atoms with Crippen molar-refractivity contribution in [2.24, 2.45) is 0 Å². The highest BCUT2D eigenvalue weighted by Crippen LogP contribution is 2.34. The molecule has 1 amide bonds. The van der Waals surface area contributed by atoms with Crippen LogP contribution in [-0.2, 0) is 4.79 Å². The van der Waals surface area contributed by atoms with Gasteiger partial charge in [0.25, 0.3) is 0 Å². The summed E-state index contributed by atoms with van der Waals surface area (Å²) >= 11 is 1.49. The van der Waals surface area contributed by atoms with Gasteiger partial charge < -0.3 is 20.0 Å². The molecule has 0 saturated carbocycles. The molecule has 1 fully saturated rings. The van der Waals surface area contributed by atoms with E-state index in [0.717, 1.165) is 46.1 Å². The maximum atomic E-state index is 13.1. The van der Waals surface area contributed by atoms with Gasteiger partial charge in [-0.15, -0.1) is 5.10 Å². The third-order valence-corrected chi connectivity index (χ3v) is 7.31. The molecule has 10 heteroatoms. The highest BCUT2D eigenvalue weighted by molar-refractivity contribution is 7.20. The third-order valence-electron chi connectivity index (χ3n) is 6.28. The molecular formula is C27H34N8OS. The lowest BCUT2D eigenvalue weighted by Crippen LogP contribution is -2.51. The molecule has 5 rings (SSSR count). The van der Waals surface area contributed by atoms with Gasteiger partial charge in [-0.3, -0.25) is 4.79 Å². The van der Waals surface area contributed by atoms with Gasteiger partial charge in [0.15, 0.2) is 5.82 Å². The molecule has 0 spiro atoms. The molecule has 4 heterocycles. The Bertz CT molecular complexity index is 1380. The Morgan fingerprint density at radius 2 is 1.89 bits per heavy atom. The number of piperazine rings is 1. The summed E-state index contributed by atoms with van der Waals surface area (Å²) < 4.78 is 1.87. The van der Waals surface area contributed by atoms with Crippen molar-refractivity contribution in [3.05, 3.63) is 54.2 Å². The van der Waals surface area contributed by atoms with Crippen molar-refractivity contribution in [3.63, 3.8) is 0 Å². The van der Waals surface area contributed by atoms with Crippen molar-refractivity contribution in [2.45, 2.75) is 33.2 Å². The van der Waals surface area contributed by atoms with E-state index in [4.69, 9.17) is 10.1 Å². The third kappa shape index (κ3) is 5.53. The summed E-state index contributed by atoms with van der Waals surface area (Å²) in [5.41, 5.74) is 2.95. The van der Waals surface area contributed by atoms with Crippen molar-refractivity contribution in [3.8, 4) is 11.3 Å². The lowest BCUT2D eigenvalue weighted by molar-refractivity contribution is -0.129. The molecule has 1 N–H and O–H groups in total. The zero-order valence-electron chi connectivity index (χ0n) is 22.1. The lowest BCUT2D eigenvalue weighted by atomic mass is 10.1. The van der Waals surface area contributed by atoms with Gasteiger partial charge in [-0.05, 0) is 45.9 Å². The summed E-state index contributed by atoms with van der Waals surface area (Å²) in [6.45, 7) is 11.6. The fourth-order valence-electron chi connectivity index (χ4n) is 4.45. The van der Waals surface area contributed by atoms with E-state index >= 15 is 0 Å². The van der Waals surface area contributed by atoms with E-state index < -0.39 is 0 Å². The molecule has 1 aliphatic heterocycles. The number of anilines is 3. The van der Waals surface area contributed by atoms with Gasteiger partial charge in [0, 0.05) is 50.5 Å². The predicted molar refractivity (Wildman–Crippen MR) is 151 cm³/mol. The second-order valence-electron chi connectivity index (χ2n) is 10.5. The number of nitrogens with one attached hydrogen (secondary N) is 1. The minimum absolute atomic E-state index is 0.101. The molecular weight excluding hydrogens is 484 g/mol. The molecule has 1 aromatic carbocycles. The molecule has 0 bridgehead atoms. The second-order valence-corrected chi connectivity index (χ2v) is 11.5. The number of hydrogen-bond donors (Lipinski definition) is 1. The minimum atomic E-state index is -0.169. The first-order chi connectivity index (χ1) is 17.7. The Kier molecular flexibility index (Phi) is 6.76. The van der Waals surface area contributed by atoms with Crippen LogP contribution < -0.4 is 15.1 Å². The van der Waals surface area contributed by atoms with E-state index in [1.807, 2.05) is 45.6 Å². The summed E-state index contributed by atoms with van der Waals surface area (Å²) in [6, 6.07) is 14.3. The fraction of sp³-hybridized carbons (Fsp3) is 0.407. The van der Waals surface area contributed by atoms with E-state index in [1.165, 1.54) is 16.9 Å². The van der Waals surface area contributed by atoms with E-state index in [-0.39, 0.29) is 18.0 Å². The van der Waals surface area contributed by atoms with Crippen LogP contribution in [0.5, 0.6) is 0 Å². The zero-order valence-corrected chi connectivity index (χ0v) is 22.9. The summed E-state index contributed by atoms with van der Waals surface area (Å²) in [7, 11) is 1.92. The number of rotatable bonds is 6. The summed E-state index contributed by atoms with van der Waals surface area (Å²) in [5, 5.41) is 9.22. The molecule has 9 nitrogen and oxygen atoms in total. The number of aryl methyl sites for hydroxylation is 1. The first kappa shape index (κ1) is 25.0. The number of hydrogen-bond acceptors (Lipinski definition) is 8. The van der Waals surface area contributed by atoms with Crippen molar-refractivity contribution < 1.29 is 4.79 Å². The molecule has 0 atom stereocenters. The maximum Gasteiger partial charge on any atom is 0.242 e. The average Bonchev–Trinajstić information content (AvgIpc) is 3.43. The number of carbonyl (C=O) groups is 1. The molecule has 0 aliphatic carbocycles. The standard InChI is InChI=1S/C27H34N8OS/c1-19-9-8-10-20(17-19)23-24(30-27(2,3)4)35-25(29-23)37-26(31-35)32(5)18-22(36)34-15-13-33(14-16-34)21-11-6-7-12-28-21/h6-12,17,30H,13-16,18H2,1-5H3. The van der Waals surface area contributed by atoms with Crippen LogP contribution in [-0.4, -0.2) is 75.7 Å². The SMILES string of the molecule is Cc1cccc(-c2nc3sc(N(C)CC(=O)N4CCN(c5ccccn5)CC4)nn3c2NC(C)(C)C)c1. The summed E-state index contributed by atoms with van der Waals surface area (Å²) in [4.78, 5) is 29.3. The first-order valence-electron chi connectivity index (χ1n) is 12.6. The highest BCUT2D eigenvalue weighted by Gasteiger charge is 2.26.